The van der Waals surface area contributed by atoms with Crippen LogP contribution >= 0.6 is 15.9 Å². The fraction of sp³-hybridized carbons (Fsp3) is 0.286. The Bertz CT molecular complexity index is 548. The number of aliphatic carboxylic acids is 1. The van der Waals surface area contributed by atoms with Gasteiger partial charge in [0.25, 0.3) is 0 Å². The second-order valence-electron chi connectivity index (χ2n) is 4.15. The summed E-state index contributed by atoms with van der Waals surface area (Å²) in [7, 11) is 1.45. The molecule has 0 aromatic heterocycles. The van der Waals surface area contributed by atoms with Crippen LogP contribution in [0.5, 0.6) is 0 Å². The van der Waals surface area contributed by atoms with Crippen LogP contribution in [-0.2, 0) is 14.3 Å². The fourth-order valence-electron chi connectivity index (χ4n) is 1.54. The van der Waals surface area contributed by atoms with E-state index in [0.717, 1.165) is 11.0 Å². The Morgan fingerprint density at radius 2 is 2.19 bits per heavy atom. The van der Waals surface area contributed by atoms with Crippen molar-refractivity contribution in [1.29, 1.82) is 0 Å². The van der Waals surface area contributed by atoms with E-state index in [2.05, 4.69) is 15.9 Å². The van der Waals surface area contributed by atoms with E-state index in [4.69, 9.17) is 9.84 Å². The number of carboxylic acids is 1. The van der Waals surface area contributed by atoms with Crippen LogP contribution in [0, 0.1) is 5.82 Å². The van der Waals surface area contributed by atoms with Gasteiger partial charge in [0.1, 0.15) is 12.4 Å². The molecule has 0 saturated carbocycles. The molecule has 0 bridgehead atoms. The van der Waals surface area contributed by atoms with Crippen molar-refractivity contribution in [3.05, 3.63) is 40.1 Å². The van der Waals surface area contributed by atoms with Gasteiger partial charge in [-0.25, -0.2) is 4.39 Å². The molecule has 1 N–H and O–H groups in total. The molecule has 0 atom stereocenters. The normalized spacial score (nSPS) is 10.8. The molecule has 1 amide bonds. The summed E-state index contributed by atoms with van der Waals surface area (Å²) < 4.78 is 19.0. The average Bonchev–Trinajstić information content (AvgIpc) is 2.43. The van der Waals surface area contributed by atoms with Gasteiger partial charge in [0, 0.05) is 29.8 Å². The molecule has 0 spiro atoms. The summed E-state index contributed by atoms with van der Waals surface area (Å²) in [5.41, 5.74) is 0.236. The Morgan fingerprint density at radius 1 is 1.48 bits per heavy atom. The van der Waals surface area contributed by atoms with E-state index >= 15 is 0 Å². The van der Waals surface area contributed by atoms with Crippen molar-refractivity contribution in [1.82, 2.24) is 4.90 Å². The topological polar surface area (TPSA) is 66.8 Å². The first-order valence-electron chi connectivity index (χ1n) is 6.07. The Morgan fingerprint density at radius 3 is 2.81 bits per heavy atom. The summed E-state index contributed by atoms with van der Waals surface area (Å²) in [5.74, 6) is -2.11. The third-order valence-corrected chi connectivity index (χ3v) is 3.06. The van der Waals surface area contributed by atoms with Crippen LogP contribution in [0.2, 0.25) is 0 Å². The minimum Gasteiger partial charge on any atom is -0.480 e. The van der Waals surface area contributed by atoms with Crippen molar-refractivity contribution in [3.8, 4) is 0 Å². The molecular weight excluding hydrogens is 345 g/mol. The summed E-state index contributed by atoms with van der Waals surface area (Å²) in [6.07, 6.45) is 2.45. The van der Waals surface area contributed by atoms with E-state index in [0.29, 0.717) is 4.47 Å². The molecule has 0 heterocycles. The summed E-state index contributed by atoms with van der Waals surface area (Å²) in [6, 6.07) is 4.34. The fourth-order valence-corrected chi connectivity index (χ4v) is 1.92. The van der Waals surface area contributed by atoms with Gasteiger partial charge in [-0.2, -0.15) is 0 Å². The van der Waals surface area contributed by atoms with Gasteiger partial charge < -0.3 is 14.7 Å². The molecule has 1 rings (SSSR count). The summed E-state index contributed by atoms with van der Waals surface area (Å²) >= 11 is 3.21. The number of carbonyl (C=O) groups excluding carboxylic acids is 1. The first-order chi connectivity index (χ1) is 9.93. The van der Waals surface area contributed by atoms with Crippen LogP contribution < -0.4 is 0 Å². The number of nitrogens with zero attached hydrogens (tertiary/aromatic N) is 1. The van der Waals surface area contributed by atoms with Gasteiger partial charge in [0.05, 0.1) is 6.61 Å². The molecule has 7 heteroatoms. The van der Waals surface area contributed by atoms with E-state index in [1.807, 2.05) is 0 Å². The molecule has 0 unspecified atom stereocenters. The minimum atomic E-state index is -1.12. The highest BCUT2D eigenvalue weighted by Gasteiger charge is 2.14. The van der Waals surface area contributed by atoms with E-state index in [1.165, 1.54) is 25.3 Å². The molecule has 1 aromatic rings. The number of carbonyl (C=O) groups is 2. The largest absolute Gasteiger partial charge is 0.480 e. The lowest BCUT2D eigenvalue weighted by Gasteiger charge is -2.18. The molecule has 114 valence electrons. The van der Waals surface area contributed by atoms with Crippen LogP contribution in [-0.4, -0.2) is 48.7 Å². The highest BCUT2D eigenvalue weighted by molar-refractivity contribution is 9.10. The number of benzene rings is 1. The van der Waals surface area contributed by atoms with E-state index in [9.17, 15) is 14.0 Å². The quantitative estimate of drug-likeness (QED) is 0.757. The van der Waals surface area contributed by atoms with Gasteiger partial charge in [0.15, 0.2) is 0 Å². The maximum atomic E-state index is 13.5. The Kier molecular flexibility index (Phi) is 7.04. The van der Waals surface area contributed by atoms with Crippen LogP contribution in [0.15, 0.2) is 28.7 Å². The Hall–Kier alpha value is -1.73. The molecule has 5 nitrogen and oxygen atoms in total. The SMILES string of the molecule is COCCN(CC(=O)O)C(=O)C=Cc1cc(Br)ccc1F. The molecule has 0 saturated heterocycles. The average molecular weight is 360 g/mol. The maximum Gasteiger partial charge on any atom is 0.323 e. The van der Waals surface area contributed by atoms with Gasteiger partial charge in [0.2, 0.25) is 5.91 Å². The monoisotopic (exact) mass is 359 g/mol. The highest BCUT2D eigenvalue weighted by Crippen LogP contribution is 2.16. The Labute approximate surface area is 130 Å². The van der Waals surface area contributed by atoms with Crippen molar-refractivity contribution >= 4 is 33.9 Å². The van der Waals surface area contributed by atoms with E-state index in [1.54, 1.807) is 6.07 Å². The predicted molar refractivity (Wildman–Crippen MR) is 79.2 cm³/mol. The lowest BCUT2D eigenvalue weighted by Crippen LogP contribution is -2.36. The van der Waals surface area contributed by atoms with E-state index in [-0.39, 0.29) is 18.7 Å². The smallest absolute Gasteiger partial charge is 0.323 e. The zero-order valence-corrected chi connectivity index (χ0v) is 13.0. The first kappa shape index (κ1) is 17.3. The minimum absolute atomic E-state index is 0.146. The third kappa shape index (κ3) is 6.05. The number of hydrogen-bond acceptors (Lipinski definition) is 3. The second-order valence-corrected chi connectivity index (χ2v) is 5.06. The van der Waals surface area contributed by atoms with Crippen molar-refractivity contribution in [2.24, 2.45) is 0 Å². The van der Waals surface area contributed by atoms with Gasteiger partial charge in [-0.05, 0) is 24.3 Å². The highest BCUT2D eigenvalue weighted by atomic mass is 79.9. The summed E-state index contributed by atoms with van der Waals surface area (Å²) in [5, 5.41) is 8.77. The molecule has 1 aromatic carbocycles. The number of hydrogen-bond donors (Lipinski definition) is 1. The van der Waals surface area contributed by atoms with Crippen molar-refractivity contribution < 1.29 is 23.8 Å². The molecule has 0 radical (unpaired) electrons. The number of halogens is 2. The van der Waals surface area contributed by atoms with Crippen LogP contribution in [0.3, 0.4) is 0 Å². The number of methoxy groups -OCH3 is 1. The molecule has 0 aliphatic carbocycles. The summed E-state index contributed by atoms with van der Waals surface area (Å²) in [4.78, 5) is 23.8. The van der Waals surface area contributed by atoms with Gasteiger partial charge in [-0.15, -0.1) is 0 Å². The Balaban J connectivity index is 2.81. The number of amides is 1. The van der Waals surface area contributed by atoms with Gasteiger partial charge in [-0.1, -0.05) is 15.9 Å². The summed E-state index contributed by atoms with van der Waals surface area (Å²) in [6.45, 7) is -0.0709. The van der Waals surface area contributed by atoms with Crippen molar-refractivity contribution in [3.63, 3.8) is 0 Å². The lowest BCUT2D eigenvalue weighted by atomic mass is 10.2. The molecule has 0 aliphatic rings. The van der Waals surface area contributed by atoms with Crippen LogP contribution in [0.25, 0.3) is 6.08 Å². The van der Waals surface area contributed by atoms with Crippen LogP contribution in [0.1, 0.15) is 5.56 Å². The van der Waals surface area contributed by atoms with Gasteiger partial charge >= 0.3 is 5.97 Å². The van der Waals surface area contributed by atoms with E-state index < -0.39 is 24.2 Å². The standard InChI is InChI=1S/C14H15BrFNO4/c1-21-7-6-17(9-14(19)20)13(18)5-2-10-8-11(15)3-4-12(10)16/h2-5,8H,6-7,9H2,1H3,(H,19,20). The number of rotatable bonds is 7. The number of carboxylic acid groups (broad SMARTS) is 1. The van der Waals surface area contributed by atoms with Crippen LogP contribution in [0.4, 0.5) is 4.39 Å². The number of ether oxygens (including phenoxy) is 1. The molecule has 0 fully saturated rings. The molecule has 21 heavy (non-hydrogen) atoms. The lowest BCUT2D eigenvalue weighted by molar-refractivity contribution is -0.143. The molecular formula is C14H15BrFNO4. The molecule has 0 aliphatic heterocycles. The van der Waals surface area contributed by atoms with Crippen molar-refractivity contribution in [2.45, 2.75) is 0 Å². The maximum absolute atomic E-state index is 13.5. The van der Waals surface area contributed by atoms with Gasteiger partial charge in [-0.3, -0.25) is 9.59 Å². The predicted octanol–water partition coefficient (Wildman–Crippen LogP) is 2.16. The first-order valence-corrected chi connectivity index (χ1v) is 6.86. The van der Waals surface area contributed by atoms with Crippen molar-refractivity contribution in [2.75, 3.05) is 26.8 Å². The zero-order valence-electron chi connectivity index (χ0n) is 11.4. The third-order valence-electron chi connectivity index (χ3n) is 2.57. The zero-order chi connectivity index (χ0) is 15.8. The second kappa shape index (κ2) is 8.53.